The molecule has 0 fully saturated rings. The number of rotatable bonds is 6. The zero-order valence-electron chi connectivity index (χ0n) is 13.7. The third-order valence-electron chi connectivity index (χ3n) is 3.91. The molecule has 1 unspecified atom stereocenters. The zero-order chi connectivity index (χ0) is 16.9. The molecule has 0 aliphatic carbocycles. The van der Waals surface area contributed by atoms with Crippen LogP contribution in [0.15, 0.2) is 48.2 Å². The minimum atomic E-state index is -0.112. The van der Waals surface area contributed by atoms with Gasteiger partial charge in [-0.1, -0.05) is 11.3 Å². The lowest BCUT2D eigenvalue weighted by Crippen LogP contribution is -2.33. The molecule has 0 bridgehead atoms. The molecular formula is C17H19N5OS. The van der Waals surface area contributed by atoms with Gasteiger partial charge in [-0.2, -0.15) is 0 Å². The first-order valence-electron chi connectivity index (χ1n) is 7.82. The highest BCUT2D eigenvalue weighted by Gasteiger charge is 2.23. The highest BCUT2D eigenvalue weighted by atomic mass is 32.1. The highest BCUT2D eigenvalue weighted by molar-refractivity contribution is 7.09. The largest absolute Gasteiger partial charge is 0.331 e. The standard InChI is InChI=1S/C17H19N5OS/c1-3-22(13(2)14-6-8-18-9-7-14)17(23)16-12-21(20-19-16)11-15-5-4-10-24-15/h4-10,12-13H,3,11H2,1-2H3. The summed E-state index contributed by atoms with van der Waals surface area (Å²) in [6.45, 7) is 5.20. The van der Waals surface area contributed by atoms with Gasteiger partial charge in [-0.15, -0.1) is 16.4 Å². The molecule has 3 heterocycles. The van der Waals surface area contributed by atoms with E-state index in [2.05, 4.69) is 15.3 Å². The van der Waals surface area contributed by atoms with Crippen molar-refractivity contribution >= 4 is 17.2 Å². The van der Waals surface area contributed by atoms with E-state index in [4.69, 9.17) is 0 Å². The molecule has 0 aromatic carbocycles. The fourth-order valence-corrected chi connectivity index (χ4v) is 3.29. The predicted octanol–water partition coefficient (Wildman–Crippen LogP) is 3.01. The van der Waals surface area contributed by atoms with E-state index in [-0.39, 0.29) is 11.9 Å². The lowest BCUT2D eigenvalue weighted by Gasteiger charge is -2.27. The van der Waals surface area contributed by atoms with Crippen molar-refractivity contribution in [2.24, 2.45) is 0 Å². The second-order valence-corrected chi connectivity index (χ2v) is 6.46. The molecule has 3 rings (SSSR count). The molecule has 0 N–H and O–H groups in total. The Balaban J connectivity index is 1.75. The van der Waals surface area contributed by atoms with Crippen molar-refractivity contribution < 1.29 is 4.79 Å². The molecule has 0 aliphatic heterocycles. The number of amides is 1. The van der Waals surface area contributed by atoms with Gasteiger partial charge < -0.3 is 4.90 Å². The molecule has 3 aromatic heterocycles. The molecule has 3 aromatic rings. The number of thiophene rings is 1. The smallest absolute Gasteiger partial charge is 0.276 e. The van der Waals surface area contributed by atoms with E-state index in [1.54, 1.807) is 39.5 Å². The molecule has 0 saturated heterocycles. The molecule has 6 nitrogen and oxygen atoms in total. The Hall–Kier alpha value is -2.54. The van der Waals surface area contributed by atoms with Gasteiger partial charge in [0, 0.05) is 23.8 Å². The van der Waals surface area contributed by atoms with Crippen LogP contribution in [0.25, 0.3) is 0 Å². The van der Waals surface area contributed by atoms with Gasteiger partial charge in [-0.05, 0) is 43.0 Å². The van der Waals surface area contributed by atoms with E-state index in [0.29, 0.717) is 18.8 Å². The van der Waals surface area contributed by atoms with Gasteiger partial charge in [0.1, 0.15) is 0 Å². The molecule has 7 heteroatoms. The molecule has 1 atom stereocenters. The van der Waals surface area contributed by atoms with Crippen LogP contribution in [0, 0.1) is 0 Å². The second kappa shape index (κ2) is 7.35. The van der Waals surface area contributed by atoms with Crippen LogP contribution in [0.3, 0.4) is 0 Å². The summed E-state index contributed by atoms with van der Waals surface area (Å²) in [5, 5.41) is 10.2. The van der Waals surface area contributed by atoms with Gasteiger partial charge in [0.15, 0.2) is 5.69 Å². The lowest BCUT2D eigenvalue weighted by atomic mass is 10.1. The van der Waals surface area contributed by atoms with E-state index in [1.165, 1.54) is 4.88 Å². The summed E-state index contributed by atoms with van der Waals surface area (Å²) in [6, 6.07) is 7.84. The van der Waals surface area contributed by atoms with Crippen LogP contribution >= 0.6 is 11.3 Å². The average molecular weight is 341 g/mol. The minimum absolute atomic E-state index is 0.0482. The number of aromatic nitrogens is 4. The summed E-state index contributed by atoms with van der Waals surface area (Å²) in [5.74, 6) is -0.112. The molecule has 24 heavy (non-hydrogen) atoms. The topological polar surface area (TPSA) is 63.9 Å². The summed E-state index contributed by atoms with van der Waals surface area (Å²) in [7, 11) is 0. The first-order chi connectivity index (χ1) is 11.7. The predicted molar refractivity (Wildman–Crippen MR) is 92.8 cm³/mol. The Morgan fingerprint density at radius 3 is 2.79 bits per heavy atom. The zero-order valence-corrected chi connectivity index (χ0v) is 14.5. The molecule has 124 valence electrons. The third kappa shape index (κ3) is 3.51. The summed E-state index contributed by atoms with van der Waals surface area (Å²) >= 11 is 1.66. The monoisotopic (exact) mass is 341 g/mol. The van der Waals surface area contributed by atoms with Crippen LogP contribution in [-0.2, 0) is 6.54 Å². The number of hydrogen-bond donors (Lipinski definition) is 0. The quantitative estimate of drug-likeness (QED) is 0.691. The normalized spacial score (nSPS) is 12.1. The molecule has 1 amide bonds. The molecular weight excluding hydrogens is 322 g/mol. The van der Waals surface area contributed by atoms with Gasteiger partial charge in [0.2, 0.25) is 0 Å². The number of carbonyl (C=O) groups is 1. The van der Waals surface area contributed by atoms with Crippen LogP contribution in [0.4, 0.5) is 0 Å². The molecule has 0 saturated carbocycles. The van der Waals surface area contributed by atoms with Crippen molar-refractivity contribution in [3.05, 3.63) is 64.4 Å². The van der Waals surface area contributed by atoms with E-state index >= 15 is 0 Å². The minimum Gasteiger partial charge on any atom is -0.331 e. The maximum absolute atomic E-state index is 12.8. The van der Waals surface area contributed by atoms with E-state index in [0.717, 1.165) is 5.56 Å². The fraction of sp³-hybridized carbons (Fsp3) is 0.294. The molecule has 0 aliphatic rings. The molecule has 0 radical (unpaired) electrons. The van der Waals surface area contributed by atoms with Crippen molar-refractivity contribution in [3.8, 4) is 0 Å². The Kier molecular flexibility index (Phi) is 5.00. The Labute approximate surface area is 144 Å². The van der Waals surface area contributed by atoms with E-state index < -0.39 is 0 Å². The summed E-state index contributed by atoms with van der Waals surface area (Å²) in [6.07, 6.45) is 5.19. The van der Waals surface area contributed by atoms with Crippen LogP contribution < -0.4 is 0 Å². The van der Waals surface area contributed by atoms with Crippen LogP contribution in [0.2, 0.25) is 0 Å². The summed E-state index contributed by atoms with van der Waals surface area (Å²) < 4.78 is 1.70. The SMILES string of the molecule is CCN(C(=O)c1cn(Cc2cccs2)nn1)C(C)c1ccncc1. The van der Waals surface area contributed by atoms with Crippen molar-refractivity contribution in [1.82, 2.24) is 24.9 Å². The van der Waals surface area contributed by atoms with Crippen molar-refractivity contribution in [2.45, 2.75) is 26.4 Å². The Bertz CT molecular complexity index is 784. The van der Waals surface area contributed by atoms with Gasteiger partial charge in [-0.3, -0.25) is 9.78 Å². The number of nitrogens with zero attached hydrogens (tertiary/aromatic N) is 5. The van der Waals surface area contributed by atoms with Crippen LogP contribution in [-0.4, -0.2) is 37.3 Å². The van der Waals surface area contributed by atoms with Gasteiger partial charge in [0.25, 0.3) is 5.91 Å². The number of pyridine rings is 1. The van der Waals surface area contributed by atoms with Crippen molar-refractivity contribution in [2.75, 3.05) is 6.54 Å². The fourth-order valence-electron chi connectivity index (χ4n) is 2.60. The number of hydrogen-bond acceptors (Lipinski definition) is 5. The second-order valence-electron chi connectivity index (χ2n) is 5.43. The maximum Gasteiger partial charge on any atom is 0.276 e. The van der Waals surface area contributed by atoms with Crippen LogP contribution in [0.5, 0.6) is 0 Å². The maximum atomic E-state index is 12.8. The van der Waals surface area contributed by atoms with Crippen molar-refractivity contribution in [3.63, 3.8) is 0 Å². The Morgan fingerprint density at radius 2 is 2.12 bits per heavy atom. The van der Waals surface area contributed by atoms with Crippen molar-refractivity contribution in [1.29, 1.82) is 0 Å². The van der Waals surface area contributed by atoms with Crippen LogP contribution in [0.1, 0.15) is 40.8 Å². The Morgan fingerprint density at radius 1 is 1.33 bits per heavy atom. The van der Waals surface area contributed by atoms with Gasteiger partial charge >= 0.3 is 0 Å². The molecule has 0 spiro atoms. The first kappa shape index (κ1) is 16.3. The van der Waals surface area contributed by atoms with Gasteiger partial charge in [0.05, 0.1) is 18.8 Å². The lowest BCUT2D eigenvalue weighted by molar-refractivity contribution is 0.0696. The summed E-state index contributed by atoms with van der Waals surface area (Å²) in [5.41, 5.74) is 1.42. The van der Waals surface area contributed by atoms with E-state index in [1.807, 2.05) is 43.5 Å². The average Bonchev–Trinajstić information content (AvgIpc) is 3.28. The number of carbonyl (C=O) groups excluding carboxylic acids is 1. The summed E-state index contributed by atoms with van der Waals surface area (Å²) in [4.78, 5) is 19.8. The highest BCUT2D eigenvalue weighted by Crippen LogP contribution is 2.21. The third-order valence-corrected chi connectivity index (χ3v) is 4.77. The van der Waals surface area contributed by atoms with E-state index in [9.17, 15) is 4.79 Å². The van der Waals surface area contributed by atoms with Gasteiger partial charge in [-0.25, -0.2) is 4.68 Å². The first-order valence-corrected chi connectivity index (χ1v) is 8.70.